The van der Waals surface area contributed by atoms with Crippen LogP contribution in [0, 0.1) is 0 Å². The van der Waals surface area contributed by atoms with Gasteiger partial charge in [0.2, 0.25) is 0 Å². The Morgan fingerprint density at radius 1 is 0.367 bits per heavy atom. The Bertz CT molecular complexity index is 2850. The van der Waals surface area contributed by atoms with Crippen molar-refractivity contribution in [1.29, 1.82) is 0 Å². The average Bonchev–Trinajstić information content (AvgIpc) is 3.52. The van der Waals surface area contributed by atoms with Gasteiger partial charge in [0.25, 0.3) is 0 Å². The Kier molecular flexibility index (Phi) is 6.22. The zero-order valence-electron chi connectivity index (χ0n) is 26.7. The number of hydrogen-bond acceptors (Lipinski definition) is 1. The highest BCUT2D eigenvalue weighted by molar-refractivity contribution is 6.24. The van der Waals surface area contributed by atoms with Crippen LogP contribution in [0.2, 0.25) is 0 Å². The van der Waals surface area contributed by atoms with Gasteiger partial charge >= 0.3 is 0 Å². The molecule has 0 bridgehead atoms. The quantitative estimate of drug-likeness (QED) is 0.179. The molecule has 2 aromatic heterocycles. The maximum Gasteiger partial charge on any atom is 0.0620 e. The molecule has 0 radical (unpaired) electrons. The molecule has 0 unspecified atom stereocenters. The molecule has 0 saturated heterocycles. The minimum absolute atomic E-state index is 1.14. The summed E-state index contributed by atoms with van der Waals surface area (Å²) in [6.45, 7) is 0. The predicted octanol–water partition coefficient (Wildman–Crippen LogP) is 12.6. The fourth-order valence-corrected chi connectivity index (χ4v) is 7.98. The highest BCUT2D eigenvalue weighted by atomic mass is 15.0. The summed E-state index contributed by atoms with van der Waals surface area (Å²) in [4.78, 5) is 4.59. The fraction of sp³-hybridized carbons (Fsp3) is 0. The molecule has 0 atom stereocenters. The van der Waals surface area contributed by atoms with Gasteiger partial charge in [0.1, 0.15) is 0 Å². The van der Waals surface area contributed by atoms with Crippen molar-refractivity contribution in [3.63, 3.8) is 0 Å². The van der Waals surface area contributed by atoms with Crippen molar-refractivity contribution in [2.75, 3.05) is 0 Å². The van der Waals surface area contributed by atoms with Crippen LogP contribution in [0.4, 0.5) is 0 Å². The van der Waals surface area contributed by atoms with Crippen LogP contribution in [-0.2, 0) is 0 Å². The number of aromatic nitrogens is 2. The van der Waals surface area contributed by atoms with Gasteiger partial charge in [-0.05, 0) is 90.6 Å². The van der Waals surface area contributed by atoms with E-state index in [4.69, 9.17) is 0 Å². The lowest BCUT2D eigenvalue weighted by atomic mass is 9.84. The molecule has 0 aliphatic rings. The van der Waals surface area contributed by atoms with Gasteiger partial charge in [0.15, 0.2) is 0 Å². The molecule has 49 heavy (non-hydrogen) atoms. The van der Waals surface area contributed by atoms with E-state index in [1.807, 2.05) is 12.4 Å². The highest BCUT2D eigenvalue weighted by Gasteiger charge is 2.20. The van der Waals surface area contributed by atoms with Gasteiger partial charge in [-0.2, -0.15) is 0 Å². The zero-order valence-corrected chi connectivity index (χ0v) is 26.7. The number of para-hydroxylation sites is 1. The molecule has 0 fully saturated rings. The van der Waals surface area contributed by atoms with Gasteiger partial charge < -0.3 is 4.57 Å². The summed E-state index contributed by atoms with van der Waals surface area (Å²) in [7, 11) is 0. The van der Waals surface area contributed by atoms with Crippen LogP contribution in [0.15, 0.2) is 182 Å². The van der Waals surface area contributed by atoms with E-state index in [0.29, 0.717) is 0 Å². The number of benzene rings is 8. The second-order valence-electron chi connectivity index (χ2n) is 12.7. The van der Waals surface area contributed by atoms with Gasteiger partial charge in [-0.3, -0.25) is 4.98 Å². The summed E-state index contributed by atoms with van der Waals surface area (Å²) in [5, 5.41) is 9.83. The Labute approximate surface area is 284 Å². The van der Waals surface area contributed by atoms with Crippen molar-refractivity contribution < 1.29 is 0 Å². The zero-order chi connectivity index (χ0) is 32.3. The van der Waals surface area contributed by atoms with Gasteiger partial charge in [-0.15, -0.1) is 0 Å². The summed E-state index contributed by atoms with van der Waals surface area (Å²) in [5.74, 6) is 0. The van der Waals surface area contributed by atoms with Crippen LogP contribution < -0.4 is 0 Å². The molecular formula is C47H30N2. The van der Waals surface area contributed by atoms with E-state index in [2.05, 4.69) is 179 Å². The molecule has 0 aliphatic carbocycles. The van der Waals surface area contributed by atoms with E-state index in [0.717, 1.165) is 16.6 Å². The molecule has 228 valence electrons. The normalized spacial score (nSPS) is 11.7. The standard InChI is InChI=1S/C47H30N2/c1-4-14-31(15-5-1)45-36-21-11-12-22-37(36)46(32-16-6-2-7-17-32)41-28-33(24-25-38(41)45)40-29-42-43-30-48-27-26-44(43)49(34-18-8-3-9-19-34)47(42)39-23-13-10-20-35(39)40/h1-30H. The smallest absolute Gasteiger partial charge is 0.0620 e. The van der Waals surface area contributed by atoms with Crippen LogP contribution in [0.1, 0.15) is 0 Å². The monoisotopic (exact) mass is 622 g/mol. The minimum atomic E-state index is 1.14. The molecule has 2 heterocycles. The van der Waals surface area contributed by atoms with E-state index >= 15 is 0 Å². The van der Waals surface area contributed by atoms with Crippen LogP contribution in [-0.4, -0.2) is 9.55 Å². The summed E-state index contributed by atoms with van der Waals surface area (Å²) in [6.07, 6.45) is 3.91. The lowest BCUT2D eigenvalue weighted by Gasteiger charge is -2.19. The summed E-state index contributed by atoms with van der Waals surface area (Å²) >= 11 is 0. The topological polar surface area (TPSA) is 17.8 Å². The van der Waals surface area contributed by atoms with Crippen molar-refractivity contribution >= 4 is 54.1 Å². The Morgan fingerprint density at radius 2 is 0.918 bits per heavy atom. The molecule has 2 heteroatoms. The van der Waals surface area contributed by atoms with Crippen LogP contribution in [0.5, 0.6) is 0 Å². The van der Waals surface area contributed by atoms with Crippen molar-refractivity contribution in [1.82, 2.24) is 9.55 Å². The molecule has 0 aliphatic heterocycles. The molecule has 2 nitrogen and oxygen atoms in total. The van der Waals surface area contributed by atoms with E-state index in [1.54, 1.807) is 0 Å². The SMILES string of the molecule is c1ccc(-c2c3ccccc3c(-c3ccccc3)c3cc(-c4cc5c6cnccc6n(-c6ccccc6)c5c5ccccc45)ccc23)cc1. The van der Waals surface area contributed by atoms with Crippen molar-refractivity contribution in [3.8, 4) is 39.1 Å². The molecule has 10 rings (SSSR count). The number of fused-ring (bicyclic) bond motifs is 7. The lowest BCUT2D eigenvalue weighted by Crippen LogP contribution is -1.95. The van der Waals surface area contributed by atoms with E-state index in [-0.39, 0.29) is 0 Å². The second-order valence-corrected chi connectivity index (χ2v) is 12.7. The van der Waals surface area contributed by atoms with Crippen LogP contribution in [0.3, 0.4) is 0 Å². The Hall–Kier alpha value is -6.51. The van der Waals surface area contributed by atoms with Crippen LogP contribution in [0.25, 0.3) is 93.2 Å². The van der Waals surface area contributed by atoms with Gasteiger partial charge in [-0.1, -0.05) is 140 Å². The Balaban J connectivity index is 1.34. The van der Waals surface area contributed by atoms with Gasteiger partial charge in [0, 0.05) is 34.2 Å². The molecule has 8 aromatic carbocycles. The number of rotatable bonds is 4. The van der Waals surface area contributed by atoms with Gasteiger partial charge in [0.05, 0.1) is 11.0 Å². The lowest BCUT2D eigenvalue weighted by molar-refractivity contribution is 1.18. The largest absolute Gasteiger partial charge is 0.309 e. The van der Waals surface area contributed by atoms with E-state index in [9.17, 15) is 0 Å². The summed E-state index contributed by atoms with van der Waals surface area (Å²) in [6, 6.07) is 61.7. The maximum atomic E-state index is 4.59. The van der Waals surface area contributed by atoms with Crippen molar-refractivity contribution in [2.24, 2.45) is 0 Å². The first kappa shape index (κ1) is 27.6. The predicted molar refractivity (Wildman–Crippen MR) is 207 cm³/mol. The van der Waals surface area contributed by atoms with Gasteiger partial charge in [-0.25, -0.2) is 0 Å². The molecule has 0 spiro atoms. The third-order valence-electron chi connectivity index (χ3n) is 10.0. The van der Waals surface area contributed by atoms with Crippen LogP contribution >= 0.6 is 0 Å². The average molecular weight is 623 g/mol. The molecule has 0 N–H and O–H groups in total. The number of hydrogen-bond donors (Lipinski definition) is 0. The van der Waals surface area contributed by atoms with Crippen molar-refractivity contribution in [2.45, 2.75) is 0 Å². The first-order valence-corrected chi connectivity index (χ1v) is 16.8. The first-order chi connectivity index (χ1) is 24.3. The maximum absolute atomic E-state index is 4.59. The van der Waals surface area contributed by atoms with Crippen molar-refractivity contribution in [3.05, 3.63) is 182 Å². The number of pyridine rings is 1. The highest BCUT2D eigenvalue weighted by Crippen LogP contribution is 2.46. The summed E-state index contributed by atoms with van der Waals surface area (Å²) < 4.78 is 2.39. The molecule has 10 aromatic rings. The third-order valence-corrected chi connectivity index (χ3v) is 10.0. The minimum Gasteiger partial charge on any atom is -0.309 e. The van der Waals surface area contributed by atoms with E-state index < -0.39 is 0 Å². The molecule has 0 saturated carbocycles. The third kappa shape index (κ3) is 4.24. The number of nitrogens with zero attached hydrogens (tertiary/aromatic N) is 2. The summed E-state index contributed by atoms with van der Waals surface area (Å²) in [5.41, 5.74) is 10.9. The van der Waals surface area contributed by atoms with E-state index in [1.165, 1.54) is 76.6 Å². The Morgan fingerprint density at radius 3 is 1.59 bits per heavy atom. The molecule has 0 amide bonds. The molecular weight excluding hydrogens is 593 g/mol. The fourth-order valence-electron chi connectivity index (χ4n) is 7.98. The first-order valence-electron chi connectivity index (χ1n) is 16.8. The second kappa shape index (κ2) is 11.0.